The summed E-state index contributed by atoms with van der Waals surface area (Å²) >= 11 is 0. The molecule has 0 aliphatic heterocycles. The maximum absolute atomic E-state index is 8.79. The lowest BCUT2D eigenvalue weighted by Gasteiger charge is -2.06. The van der Waals surface area contributed by atoms with E-state index in [0.29, 0.717) is 12.1 Å². The number of nitriles is 1. The summed E-state index contributed by atoms with van der Waals surface area (Å²) in [5.74, 6) is 0. The van der Waals surface area contributed by atoms with Crippen LogP contribution in [0.5, 0.6) is 0 Å². The van der Waals surface area contributed by atoms with Crippen LogP contribution in [0.2, 0.25) is 0 Å². The zero-order chi connectivity index (χ0) is 9.14. The number of aryl methyl sites for hydroxylation is 2. The van der Waals surface area contributed by atoms with E-state index in [2.05, 4.69) is 6.07 Å². The molecular weight excluding hydrogens is 148 g/mol. The lowest BCUT2D eigenvalue weighted by atomic mass is 10.00. The van der Waals surface area contributed by atoms with Crippen LogP contribution < -0.4 is 5.73 Å². The number of nitrogens with two attached hydrogens (primary N) is 1. The Balaban J connectivity index is 3.36. The van der Waals surface area contributed by atoms with Gasteiger partial charge in [-0.1, -0.05) is 6.07 Å². The molecular formula is C10H12N2. The summed E-state index contributed by atoms with van der Waals surface area (Å²) in [7, 11) is 0. The summed E-state index contributed by atoms with van der Waals surface area (Å²) in [6.07, 6.45) is 0. The molecule has 1 aromatic rings. The molecule has 2 heteroatoms. The Bertz CT molecular complexity index is 334. The van der Waals surface area contributed by atoms with E-state index in [1.807, 2.05) is 26.0 Å². The molecule has 0 saturated heterocycles. The second-order valence-corrected chi connectivity index (χ2v) is 2.92. The summed E-state index contributed by atoms with van der Waals surface area (Å²) in [6, 6.07) is 6.06. The Morgan fingerprint density at radius 3 is 2.58 bits per heavy atom. The quantitative estimate of drug-likeness (QED) is 0.678. The molecule has 0 amide bonds. The first kappa shape index (κ1) is 8.76. The van der Waals surface area contributed by atoms with Gasteiger partial charge in [-0.25, -0.2) is 0 Å². The van der Waals surface area contributed by atoms with Crippen molar-refractivity contribution in [3.8, 4) is 6.07 Å². The van der Waals surface area contributed by atoms with Crippen LogP contribution in [-0.2, 0) is 6.54 Å². The number of nitrogens with zero attached hydrogens (tertiary/aromatic N) is 1. The summed E-state index contributed by atoms with van der Waals surface area (Å²) < 4.78 is 0. The fraction of sp³-hybridized carbons (Fsp3) is 0.300. The largest absolute Gasteiger partial charge is 0.326 e. The molecule has 2 nitrogen and oxygen atoms in total. The van der Waals surface area contributed by atoms with Crippen molar-refractivity contribution in [2.45, 2.75) is 20.4 Å². The molecule has 1 rings (SSSR count). The van der Waals surface area contributed by atoms with Gasteiger partial charge in [-0.2, -0.15) is 5.26 Å². The first-order chi connectivity index (χ1) is 5.69. The maximum atomic E-state index is 8.79. The Kier molecular flexibility index (Phi) is 2.47. The summed E-state index contributed by atoms with van der Waals surface area (Å²) in [4.78, 5) is 0. The zero-order valence-corrected chi connectivity index (χ0v) is 7.39. The van der Waals surface area contributed by atoms with E-state index >= 15 is 0 Å². The third-order valence-electron chi connectivity index (χ3n) is 1.94. The van der Waals surface area contributed by atoms with E-state index in [1.165, 1.54) is 0 Å². The molecule has 0 aromatic heterocycles. The van der Waals surface area contributed by atoms with Crippen molar-refractivity contribution in [3.63, 3.8) is 0 Å². The molecule has 2 N–H and O–H groups in total. The van der Waals surface area contributed by atoms with Crippen molar-refractivity contribution >= 4 is 0 Å². The second-order valence-electron chi connectivity index (χ2n) is 2.92. The van der Waals surface area contributed by atoms with E-state index in [0.717, 1.165) is 16.7 Å². The molecule has 0 radical (unpaired) electrons. The molecule has 1 aromatic carbocycles. The van der Waals surface area contributed by atoms with Crippen LogP contribution in [0.1, 0.15) is 22.3 Å². The Morgan fingerprint density at radius 1 is 1.42 bits per heavy atom. The highest BCUT2D eigenvalue weighted by atomic mass is 14.5. The monoisotopic (exact) mass is 160 g/mol. The first-order valence-electron chi connectivity index (χ1n) is 3.89. The SMILES string of the molecule is Cc1cc(C)c(CN)c(C#N)c1. The highest BCUT2D eigenvalue weighted by Gasteiger charge is 2.03. The molecule has 12 heavy (non-hydrogen) atoms. The van der Waals surface area contributed by atoms with Gasteiger partial charge in [-0.3, -0.25) is 0 Å². The van der Waals surface area contributed by atoms with Crippen molar-refractivity contribution in [2.24, 2.45) is 5.73 Å². The molecule has 0 bridgehead atoms. The molecule has 0 unspecified atom stereocenters. The fourth-order valence-corrected chi connectivity index (χ4v) is 1.37. The van der Waals surface area contributed by atoms with Crippen molar-refractivity contribution < 1.29 is 0 Å². The van der Waals surface area contributed by atoms with Gasteiger partial charge in [0.05, 0.1) is 11.6 Å². The molecule has 0 saturated carbocycles. The minimum atomic E-state index is 0.439. The average Bonchev–Trinajstić information content (AvgIpc) is 2.03. The predicted octanol–water partition coefficient (Wildman–Crippen LogP) is 1.63. The summed E-state index contributed by atoms with van der Waals surface area (Å²) in [5.41, 5.74) is 9.41. The van der Waals surface area contributed by atoms with Crippen molar-refractivity contribution in [1.29, 1.82) is 5.26 Å². The van der Waals surface area contributed by atoms with E-state index < -0.39 is 0 Å². The van der Waals surface area contributed by atoms with E-state index in [1.54, 1.807) is 0 Å². The topological polar surface area (TPSA) is 49.8 Å². The van der Waals surface area contributed by atoms with Gasteiger partial charge >= 0.3 is 0 Å². The van der Waals surface area contributed by atoms with Crippen LogP contribution in [-0.4, -0.2) is 0 Å². The van der Waals surface area contributed by atoms with Crippen molar-refractivity contribution in [2.75, 3.05) is 0 Å². The third kappa shape index (κ3) is 1.46. The number of hydrogen-bond acceptors (Lipinski definition) is 2. The molecule has 0 aliphatic carbocycles. The van der Waals surface area contributed by atoms with Crippen LogP contribution in [0.4, 0.5) is 0 Å². The molecule has 0 aliphatic rings. The molecule has 0 fully saturated rings. The molecule has 0 atom stereocenters. The van der Waals surface area contributed by atoms with Crippen molar-refractivity contribution in [1.82, 2.24) is 0 Å². The summed E-state index contributed by atoms with van der Waals surface area (Å²) in [5, 5.41) is 8.79. The highest BCUT2D eigenvalue weighted by Crippen LogP contribution is 2.15. The zero-order valence-electron chi connectivity index (χ0n) is 7.39. The average molecular weight is 160 g/mol. The molecule has 0 heterocycles. The lowest BCUT2D eigenvalue weighted by Crippen LogP contribution is -2.02. The van der Waals surface area contributed by atoms with Crippen LogP contribution in [0.25, 0.3) is 0 Å². The first-order valence-corrected chi connectivity index (χ1v) is 3.89. The van der Waals surface area contributed by atoms with Crippen LogP contribution in [0, 0.1) is 25.2 Å². The van der Waals surface area contributed by atoms with Crippen molar-refractivity contribution in [3.05, 3.63) is 34.4 Å². The Labute approximate surface area is 72.6 Å². The predicted molar refractivity (Wildman–Crippen MR) is 48.5 cm³/mol. The minimum Gasteiger partial charge on any atom is -0.326 e. The number of benzene rings is 1. The van der Waals surface area contributed by atoms with Gasteiger partial charge in [0.15, 0.2) is 0 Å². The van der Waals surface area contributed by atoms with Crippen LogP contribution in [0.3, 0.4) is 0 Å². The van der Waals surface area contributed by atoms with E-state index in [4.69, 9.17) is 11.0 Å². The van der Waals surface area contributed by atoms with Gasteiger partial charge in [0.2, 0.25) is 0 Å². The lowest BCUT2D eigenvalue weighted by molar-refractivity contribution is 1.04. The Hall–Kier alpha value is -1.33. The normalized spacial score (nSPS) is 9.50. The van der Waals surface area contributed by atoms with Gasteiger partial charge in [0.1, 0.15) is 0 Å². The van der Waals surface area contributed by atoms with E-state index in [-0.39, 0.29) is 0 Å². The Morgan fingerprint density at radius 2 is 2.08 bits per heavy atom. The standard InChI is InChI=1S/C10H12N2/c1-7-3-8(2)10(6-12)9(4-7)5-11/h3-4H,6,12H2,1-2H3. The van der Waals surface area contributed by atoms with Gasteiger partial charge in [0.25, 0.3) is 0 Å². The summed E-state index contributed by atoms with van der Waals surface area (Å²) in [6.45, 7) is 4.40. The highest BCUT2D eigenvalue weighted by molar-refractivity contribution is 5.44. The van der Waals surface area contributed by atoms with Gasteiger partial charge < -0.3 is 5.73 Å². The molecule has 62 valence electrons. The minimum absolute atomic E-state index is 0.439. The second kappa shape index (κ2) is 3.38. The van der Waals surface area contributed by atoms with Crippen LogP contribution >= 0.6 is 0 Å². The van der Waals surface area contributed by atoms with Crippen LogP contribution in [0.15, 0.2) is 12.1 Å². The van der Waals surface area contributed by atoms with Gasteiger partial charge in [-0.15, -0.1) is 0 Å². The van der Waals surface area contributed by atoms with Gasteiger partial charge in [-0.05, 0) is 36.6 Å². The maximum Gasteiger partial charge on any atom is 0.0995 e. The number of hydrogen-bond donors (Lipinski definition) is 1. The van der Waals surface area contributed by atoms with E-state index in [9.17, 15) is 0 Å². The number of rotatable bonds is 1. The molecule has 0 spiro atoms. The fourth-order valence-electron chi connectivity index (χ4n) is 1.37. The third-order valence-corrected chi connectivity index (χ3v) is 1.94. The van der Waals surface area contributed by atoms with Gasteiger partial charge in [0, 0.05) is 6.54 Å². The smallest absolute Gasteiger partial charge is 0.0995 e.